The summed E-state index contributed by atoms with van der Waals surface area (Å²) < 4.78 is 20.5. The van der Waals surface area contributed by atoms with E-state index in [1.54, 1.807) is 0 Å². The monoisotopic (exact) mass is 430 g/mol. The Hall–Kier alpha value is -1.87. The Bertz CT molecular complexity index is 899. The second-order valence-electron chi connectivity index (χ2n) is 6.09. The van der Waals surface area contributed by atoms with Crippen molar-refractivity contribution in [3.63, 3.8) is 0 Å². The first-order valence-corrected chi connectivity index (χ1v) is 8.77. The summed E-state index contributed by atoms with van der Waals surface area (Å²) in [6.07, 6.45) is 0.315. The molecule has 3 heterocycles. The molecule has 0 aliphatic carbocycles. The number of aromatic nitrogens is 2. The fourth-order valence-electron chi connectivity index (χ4n) is 3.40. The summed E-state index contributed by atoms with van der Waals surface area (Å²) in [5, 5.41) is 9.90. The molecule has 0 saturated carbocycles. The minimum absolute atomic E-state index is 0.0849. The lowest BCUT2D eigenvalue weighted by molar-refractivity contribution is 0.105. The maximum Gasteiger partial charge on any atom is 0.407 e. The van der Waals surface area contributed by atoms with Crippen LogP contribution in [0.1, 0.15) is 6.92 Å². The number of amides is 1. The summed E-state index contributed by atoms with van der Waals surface area (Å²) >= 11 is 9.40. The van der Waals surface area contributed by atoms with Crippen molar-refractivity contribution in [1.82, 2.24) is 14.9 Å². The van der Waals surface area contributed by atoms with Crippen LogP contribution < -0.4 is 9.64 Å². The SMILES string of the molecule is C[C@@H]1CN2c3ncnc4c(F)c(Br)c(Cl)c(c34)OC[C@@H]2CN1C(=O)O. The van der Waals surface area contributed by atoms with Crippen LogP contribution in [0.25, 0.3) is 10.9 Å². The Morgan fingerprint density at radius 3 is 2.96 bits per heavy atom. The highest BCUT2D eigenvalue weighted by molar-refractivity contribution is 9.10. The van der Waals surface area contributed by atoms with E-state index >= 15 is 0 Å². The zero-order valence-corrected chi connectivity index (χ0v) is 15.4. The maximum absolute atomic E-state index is 14.6. The highest BCUT2D eigenvalue weighted by Gasteiger charge is 2.39. The van der Waals surface area contributed by atoms with Gasteiger partial charge < -0.3 is 19.6 Å². The molecule has 0 unspecified atom stereocenters. The van der Waals surface area contributed by atoms with Gasteiger partial charge in [-0.1, -0.05) is 11.6 Å². The topological polar surface area (TPSA) is 78.8 Å². The largest absolute Gasteiger partial charge is 0.489 e. The number of hydrogen-bond donors (Lipinski definition) is 1. The third kappa shape index (κ3) is 2.40. The van der Waals surface area contributed by atoms with Gasteiger partial charge in [0.15, 0.2) is 11.6 Å². The van der Waals surface area contributed by atoms with Gasteiger partial charge in [0.1, 0.15) is 29.3 Å². The van der Waals surface area contributed by atoms with Crippen LogP contribution in [-0.2, 0) is 0 Å². The highest BCUT2D eigenvalue weighted by Crippen LogP contribution is 2.46. The quantitative estimate of drug-likeness (QED) is 0.646. The predicted octanol–water partition coefficient (Wildman–Crippen LogP) is 3.13. The van der Waals surface area contributed by atoms with Crippen molar-refractivity contribution in [2.75, 3.05) is 24.6 Å². The number of carbonyl (C=O) groups is 1. The van der Waals surface area contributed by atoms with Crippen molar-refractivity contribution in [2.45, 2.75) is 19.0 Å². The lowest BCUT2D eigenvalue weighted by Crippen LogP contribution is -2.60. The van der Waals surface area contributed by atoms with E-state index < -0.39 is 11.9 Å². The van der Waals surface area contributed by atoms with Gasteiger partial charge in [-0.05, 0) is 22.9 Å². The van der Waals surface area contributed by atoms with Gasteiger partial charge in [-0.2, -0.15) is 0 Å². The molecule has 10 heteroatoms. The molecule has 132 valence electrons. The number of ether oxygens (including phenoxy) is 1. The van der Waals surface area contributed by atoms with Gasteiger partial charge in [-0.3, -0.25) is 0 Å². The normalized spacial score (nSPS) is 22.4. The first kappa shape index (κ1) is 16.6. The number of carboxylic acid groups (broad SMARTS) is 1. The lowest BCUT2D eigenvalue weighted by Gasteiger charge is -2.43. The fourth-order valence-corrected chi connectivity index (χ4v) is 4.00. The summed E-state index contributed by atoms with van der Waals surface area (Å²) in [5.74, 6) is 0.240. The van der Waals surface area contributed by atoms with Crippen LogP contribution in [0.4, 0.5) is 15.0 Å². The van der Waals surface area contributed by atoms with Crippen LogP contribution in [0.15, 0.2) is 10.8 Å². The van der Waals surface area contributed by atoms with Gasteiger partial charge in [0, 0.05) is 19.1 Å². The van der Waals surface area contributed by atoms with Gasteiger partial charge in [-0.15, -0.1) is 0 Å². The number of halogens is 3. The second-order valence-corrected chi connectivity index (χ2v) is 7.26. The van der Waals surface area contributed by atoms with Crippen molar-refractivity contribution in [3.05, 3.63) is 21.6 Å². The number of hydrogen-bond acceptors (Lipinski definition) is 5. The second kappa shape index (κ2) is 5.84. The van der Waals surface area contributed by atoms with Crippen LogP contribution in [0, 0.1) is 5.82 Å². The molecule has 1 N–H and O–H groups in total. The van der Waals surface area contributed by atoms with Gasteiger partial charge in [0.05, 0.1) is 15.9 Å². The van der Waals surface area contributed by atoms with Crippen LogP contribution in [0.5, 0.6) is 5.75 Å². The van der Waals surface area contributed by atoms with E-state index in [9.17, 15) is 14.3 Å². The van der Waals surface area contributed by atoms with Crippen molar-refractivity contribution >= 4 is 50.3 Å². The third-order valence-corrected chi connectivity index (χ3v) is 5.96. The van der Waals surface area contributed by atoms with Crippen LogP contribution >= 0.6 is 27.5 Å². The Morgan fingerprint density at radius 2 is 2.24 bits per heavy atom. The lowest BCUT2D eigenvalue weighted by atomic mass is 10.1. The van der Waals surface area contributed by atoms with Crippen molar-refractivity contribution in [1.29, 1.82) is 0 Å². The van der Waals surface area contributed by atoms with Crippen molar-refractivity contribution in [2.24, 2.45) is 0 Å². The van der Waals surface area contributed by atoms with E-state index in [0.29, 0.717) is 23.5 Å². The average molecular weight is 432 g/mol. The minimum Gasteiger partial charge on any atom is -0.489 e. The van der Waals surface area contributed by atoms with E-state index in [2.05, 4.69) is 25.9 Å². The first-order valence-electron chi connectivity index (χ1n) is 7.60. The molecule has 0 bridgehead atoms. The zero-order chi connectivity index (χ0) is 17.9. The first-order chi connectivity index (χ1) is 11.9. The number of fused-ring (bicyclic) bond motifs is 2. The van der Waals surface area contributed by atoms with Crippen LogP contribution in [0.2, 0.25) is 5.02 Å². The Balaban J connectivity index is 1.91. The molecule has 1 aromatic carbocycles. The molecule has 2 aromatic rings. The van der Waals surface area contributed by atoms with Gasteiger partial charge in [0.2, 0.25) is 0 Å². The molecule has 2 aliphatic heterocycles. The van der Waals surface area contributed by atoms with Gasteiger partial charge >= 0.3 is 6.09 Å². The molecule has 25 heavy (non-hydrogen) atoms. The average Bonchev–Trinajstić information content (AvgIpc) is 2.75. The molecular weight excluding hydrogens is 419 g/mol. The number of piperazine rings is 1. The molecule has 0 radical (unpaired) electrons. The molecule has 2 aliphatic rings. The van der Waals surface area contributed by atoms with E-state index in [1.165, 1.54) is 11.2 Å². The minimum atomic E-state index is -0.978. The van der Waals surface area contributed by atoms with Gasteiger partial charge in [-0.25, -0.2) is 19.2 Å². The van der Waals surface area contributed by atoms with Gasteiger partial charge in [0.25, 0.3) is 0 Å². The van der Waals surface area contributed by atoms with E-state index in [1.807, 2.05) is 11.8 Å². The summed E-state index contributed by atoms with van der Waals surface area (Å²) in [6.45, 7) is 2.71. The number of rotatable bonds is 0. The van der Waals surface area contributed by atoms with E-state index in [0.717, 1.165) is 0 Å². The summed E-state index contributed by atoms with van der Waals surface area (Å²) in [5.41, 5.74) is 0.116. The Labute approximate surface area is 155 Å². The molecule has 0 spiro atoms. The Morgan fingerprint density at radius 1 is 1.48 bits per heavy atom. The summed E-state index contributed by atoms with van der Waals surface area (Å²) in [7, 11) is 0. The smallest absolute Gasteiger partial charge is 0.407 e. The molecule has 4 rings (SSSR count). The van der Waals surface area contributed by atoms with Crippen molar-refractivity contribution < 1.29 is 19.0 Å². The summed E-state index contributed by atoms with van der Waals surface area (Å²) in [6, 6.07) is -0.494. The molecule has 1 saturated heterocycles. The Kier molecular flexibility index (Phi) is 3.88. The van der Waals surface area contributed by atoms with Crippen LogP contribution in [-0.4, -0.2) is 57.8 Å². The third-order valence-electron chi connectivity index (χ3n) is 4.63. The number of anilines is 1. The maximum atomic E-state index is 14.6. The molecule has 1 amide bonds. The van der Waals surface area contributed by atoms with E-state index in [-0.39, 0.29) is 40.2 Å². The van der Waals surface area contributed by atoms with Crippen LogP contribution in [0.3, 0.4) is 0 Å². The fraction of sp³-hybridized carbons (Fsp3) is 0.400. The molecular formula is C15H13BrClFN4O3. The zero-order valence-electron chi connectivity index (χ0n) is 13.0. The molecule has 1 aromatic heterocycles. The molecule has 2 atom stereocenters. The predicted molar refractivity (Wildman–Crippen MR) is 93.0 cm³/mol. The molecule has 7 nitrogen and oxygen atoms in total. The molecule has 1 fully saturated rings. The summed E-state index contributed by atoms with van der Waals surface area (Å²) in [4.78, 5) is 23.1. The van der Waals surface area contributed by atoms with E-state index in [4.69, 9.17) is 16.3 Å². The number of benzene rings is 1. The standard InChI is InChI=1S/C15H13BrClFN4O3/c1-6-2-22-7(3-21(6)15(23)24)4-25-13-8-12(19-5-20-14(8)22)11(18)9(16)10(13)17/h5-7H,2-4H2,1H3,(H,23,24)/t6-,7+/m1/s1. The number of nitrogens with zero attached hydrogens (tertiary/aromatic N) is 4. The highest BCUT2D eigenvalue weighted by atomic mass is 79.9. The van der Waals surface area contributed by atoms with Crippen molar-refractivity contribution in [3.8, 4) is 5.75 Å².